The Kier molecular flexibility index (Phi) is 3.75. The van der Waals surface area contributed by atoms with Crippen LogP contribution in [-0.2, 0) is 11.3 Å². The zero-order chi connectivity index (χ0) is 13.3. The number of carbonyl (C=O) groups is 1. The first-order valence-corrected chi connectivity index (χ1v) is 6.70. The monoisotopic (exact) mass is 312 g/mol. The van der Waals surface area contributed by atoms with Crippen LogP contribution in [0.25, 0.3) is 0 Å². The topological polar surface area (TPSA) is 66.6 Å². The molecule has 0 amide bonds. The highest BCUT2D eigenvalue weighted by molar-refractivity contribution is 9.10. The Morgan fingerprint density at radius 1 is 1.61 bits per heavy atom. The smallest absolute Gasteiger partial charge is 0.325 e. The molecule has 0 bridgehead atoms. The third-order valence-electron chi connectivity index (χ3n) is 3.45. The molecule has 98 valence electrons. The number of nitrogens with zero attached hydrogens (tertiary/aromatic N) is 1. The molecule has 3 N–H and O–H groups in total. The van der Waals surface area contributed by atoms with Crippen LogP contribution in [0.5, 0.6) is 0 Å². The number of likely N-dealkylation sites (tertiary alicyclic amines) is 1. The van der Waals surface area contributed by atoms with Crippen molar-refractivity contribution in [3.8, 4) is 0 Å². The van der Waals surface area contributed by atoms with Crippen molar-refractivity contribution in [2.45, 2.75) is 25.4 Å². The number of aliphatic carboxylic acids is 1. The van der Waals surface area contributed by atoms with Gasteiger partial charge in [0.15, 0.2) is 0 Å². The van der Waals surface area contributed by atoms with Gasteiger partial charge in [-0.15, -0.1) is 0 Å². The third-order valence-corrected chi connectivity index (χ3v) is 4.30. The van der Waals surface area contributed by atoms with Crippen molar-refractivity contribution in [3.05, 3.63) is 33.8 Å². The molecule has 1 atom stereocenters. The highest BCUT2D eigenvalue weighted by Gasteiger charge is 2.40. The summed E-state index contributed by atoms with van der Waals surface area (Å²) in [5.41, 5.74) is 7.13. The molecule has 1 heterocycles. The summed E-state index contributed by atoms with van der Waals surface area (Å²) >= 11 is 3.50. The molecule has 0 radical (unpaired) electrons. The van der Waals surface area contributed by atoms with Crippen LogP contribution in [0.1, 0.15) is 17.5 Å². The van der Waals surface area contributed by atoms with Gasteiger partial charge < -0.3 is 10.8 Å². The average molecular weight is 313 g/mol. The first-order chi connectivity index (χ1) is 8.40. The largest absolute Gasteiger partial charge is 0.480 e. The zero-order valence-corrected chi connectivity index (χ0v) is 11.9. The summed E-state index contributed by atoms with van der Waals surface area (Å²) in [6, 6.07) is 6.20. The molecule has 0 aliphatic carbocycles. The average Bonchev–Trinajstić information content (AvgIpc) is 2.67. The quantitative estimate of drug-likeness (QED) is 0.892. The maximum atomic E-state index is 11.1. The lowest BCUT2D eigenvalue weighted by Crippen LogP contribution is -2.50. The molecule has 0 saturated carbocycles. The summed E-state index contributed by atoms with van der Waals surface area (Å²) in [5.74, 6) is -0.907. The van der Waals surface area contributed by atoms with Gasteiger partial charge in [0.2, 0.25) is 0 Å². The Bertz CT molecular complexity index is 478. The van der Waals surface area contributed by atoms with Gasteiger partial charge in [-0.1, -0.05) is 28.1 Å². The van der Waals surface area contributed by atoms with Gasteiger partial charge in [-0.3, -0.25) is 9.69 Å². The minimum Gasteiger partial charge on any atom is -0.480 e. The van der Waals surface area contributed by atoms with E-state index >= 15 is 0 Å². The van der Waals surface area contributed by atoms with Crippen LogP contribution in [0.15, 0.2) is 22.7 Å². The fourth-order valence-electron chi connectivity index (χ4n) is 2.22. The van der Waals surface area contributed by atoms with E-state index in [1.165, 1.54) is 11.1 Å². The van der Waals surface area contributed by atoms with Gasteiger partial charge in [-0.05, 0) is 30.5 Å². The van der Waals surface area contributed by atoms with E-state index in [-0.39, 0.29) is 0 Å². The normalized spacial score (nSPS) is 24.4. The van der Waals surface area contributed by atoms with Gasteiger partial charge in [-0.25, -0.2) is 0 Å². The zero-order valence-electron chi connectivity index (χ0n) is 10.3. The summed E-state index contributed by atoms with van der Waals surface area (Å²) in [5, 5.41) is 9.08. The molecule has 1 fully saturated rings. The molecule has 4 nitrogen and oxygen atoms in total. The number of carboxylic acids is 1. The van der Waals surface area contributed by atoms with E-state index in [2.05, 4.69) is 39.0 Å². The Morgan fingerprint density at radius 3 is 2.89 bits per heavy atom. The highest BCUT2D eigenvalue weighted by Crippen LogP contribution is 2.23. The first kappa shape index (κ1) is 13.5. The molecule has 2 rings (SSSR count). The molecule has 1 aliphatic rings. The number of halogens is 1. The van der Waals surface area contributed by atoms with Crippen LogP contribution in [0.3, 0.4) is 0 Å². The minimum absolute atomic E-state index is 0.411. The second-order valence-electron chi connectivity index (χ2n) is 5.01. The van der Waals surface area contributed by atoms with Crippen LogP contribution >= 0.6 is 15.9 Å². The molecule has 1 aromatic carbocycles. The molecule has 5 heteroatoms. The van der Waals surface area contributed by atoms with E-state index in [1.807, 2.05) is 6.92 Å². The van der Waals surface area contributed by atoms with Crippen LogP contribution in [0, 0.1) is 6.92 Å². The standard InChI is InChI=1S/C13H17BrN2O2/c1-9-2-3-10(6-11(9)14)7-16-5-4-13(15,8-16)12(17)18/h2-3,6H,4-5,7-8,15H2,1H3,(H,17,18). The van der Waals surface area contributed by atoms with Gasteiger partial charge in [0.05, 0.1) is 0 Å². The maximum absolute atomic E-state index is 11.1. The van der Waals surface area contributed by atoms with Gasteiger partial charge in [-0.2, -0.15) is 0 Å². The van der Waals surface area contributed by atoms with Crippen molar-refractivity contribution >= 4 is 21.9 Å². The molecule has 0 spiro atoms. The molecular formula is C13H17BrN2O2. The molecule has 0 aromatic heterocycles. The lowest BCUT2D eigenvalue weighted by Gasteiger charge is -2.20. The second kappa shape index (κ2) is 4.99. The van der Waals surface area contributed by atoms with Crippen LogP contribution in [0.4, 0.5) is 0 Å². The molecular weight excluding hydrogens is 296 g/mol. The van der Waals surface area contributed by atoms with E-state index in [9.17, 15) is 4.79 Å². The number of benzene rings is 1. The predicted molar refractivity (Wildman–Crippen MR) is 73.3 cm³/mol. The van der Waals surface area contributed by atoms with Crippen LogP contribution in [0.2, 0.25) is 0 Å². The van der Waals surface area contributed by atoms with Gasteiger partial charge >= 0.3 is 5.97 Å². The Morgan fingerprint density at radius 2 is 2.33 bits per heavy atom. The van der Waals surface area contributed by atoms with Gasteiger partial charge in [0.1, 0.15) is 5.54 Å². The number of nitrogens with two attached hydrogens (primary N) is 1. The van der Waals surface area contributed by atoms with E-state index < -0.39 is 11.5 Å². The fraction of sp³-hybridized carbons (Fsp3) is 0.462. The summed E-state index contributed by atoms with van der Waals surface area (Å²) < 4.78 is 1.08. The number of aryl methyl sites for hydroxylation is 1. The van der Waals surface area contributed by atoms with Gasteiger partial charge in [0.25, 0.3) is 0 Å². The summed E-state index contributed by atoms with van der Waals surface area (Å²) in [4.78, 5) is 13.1. The molecule has 1 unspecified atom stereocenters. The number of rotatable bonds is 3. The predicted octanol–water partition coefficient (Wildman–Crippen LogP) is 1.75. The number of carboxylic acid groups (broad SMARTS) is 1. The Labute approximate surface area is 115 Å². The van der Waals surface area contributed by atoms with Crippen molar-refractivity contribution in [2.75, 3.05) is 13.1 Å². The van der Waals surface area contributed by atoms with Crippen molar-refractivity contribution in [1.82, 2.24) is 4.90 Å². The van der Waals surface area contributed by atoms with Crippen molar-refractivity contribution in [3.63, 3.8) is 0 Å². The van der Waals surface area contributed by atoms with Crippen molar-refractivity contribution < 1.29 is 9.90 Å². The van der Waals surface area contributed by atoms with E-state index in [4.69, 9.17) is 10.8 Å². The van der Waals surface area contributed by atoms with Crippen LogP contribution < -0.4 is 5.73 Å². The first-order valence-electron chi connectivity index (χ1n) is 5.90. The highest BCUT2D eigenvalue weighted by atomic mass is 79.9. The van der Waals surface area contributed by atoms with Crippen molar-refractivity contribution in [2.24, 2.45) is 5.73 Å². The van der Waals surface area contributed by atoms with Gasteiger partial charge in [0, 0.05) is 24.1 Å². The molecule has 1 saturated heterocycles. The summed E-state index contributed by atoms with van der Waals surface area (Å²) in [7, 11) is 0. The maximum Gasteiger partial charge on any atom is 0.325 e. The SMILES string of the molecule is Cc1ccc(CN2CCC(N)(C(=O)O)C2)cc1Br. The molecule has 18 heavy (non-hydrogen) atoms. The van der Waals surface area contributed by atoms with Crippen LogP contribution in [-0.4, -0.2) is 34.6 Å². The fourth-order valence-corrected chi connectivity index (χ4v) is 2.64. The Balaban J connectivity index is 2.03. The second-order valence-corrected chi connectivity index (χ2v) is 5.86. The number of hydrogen-bond acceptors (Lipinski definition) is 3. The van der Waals surface area contributed by atoms with E-state index in [0.717, 1.165) is 17.6 Å². The Hall–Kier alpha value is -0.910. The van der Waals surface area contributed by atoms with Crippen molar-refractivity contribution in [1.29, 1.82) is 0 Å². The molecule has 1 aliphatic heterocycles. The summed E-state index contributed by atoms with van der Waals surface area (Å²) in [6.07, 6.45) is 0.509. The summed E-state index contributed by atoms with van der Waals surface area (Å²) in [6.45, 7) is 3.92. The number of hydrogen-bond donors (Lipinski definition) is 2. The van der Waals surface area contributed by atoms with E-state index in [1.54, 1.807) is 0 Å². The molecule has 1 aromatic rings. The minimum atomic E-state index is -1.08. The van der Waals surface area contributed by atoms with E-state index in [0.29, 0.717) is 13.0 Å². The lowest BCUT2D eigenvalue weighted by atomic mass is 10.0. The third kappa shape index (κ3) is 2.74. The lowest BCUT2D eigenvalue weighted by molar-refractivity contribution is -0.142.